The van der Waals surface area contributed by atoms with Gasteiger partial charge in [0.25, 0.3) is 0 Å². The Hall–Kier alpha value is -3.29. The van der Waals surface area contributed by atoms with Crippen molar-refractivity contribution < 1.29 is 4.74 Å². The number of rotatable bonds is 8. The molecule has 0 spiro atoms. The summed E-state index contributed by atoms with van der Waals surface area (Å²) in [6.45, 7) is 5.25. The number of hydrogen-bond acceptors (Lipinski definition) is 8. The second-order valence-corrected chi connectivity index (χ2v) is 6.17. The average Bonchev–Trinajstić information content (AvgIpc) is 2.73. The minimum atomic E-state index is 0.442. The molecule has 3 heterocycles. The van der Waals surface area contributed by atoms with Crippen molar-refractivity contribution in [2.75, 3.05) is 24.3 Å². The van der Waals surface area contributed by atoms with Gasteiger partial charge in [-0.15, -0.1) is 0 Å². The van der Waals surface area contributed by atoms with Crippen molar-refractivity contribution in [3.05, 3.63) is 43.0 Å². The Morgan fingerprint density at radius 1 is 1.11 bits per heavy atom. The monoisotopic (exact) mass is 365 g/mol. The number of ether oxygens (including phenoxy) is 1. The molecule has 0 fully saturated rings. The Balaban J connectivity index is 1.74. The van der Waals surface area contributed by atoms with Crippen LogP contribution in [0.1, 0.15) is 20.3 Å². The molecule has 0 amide bonds. The molecular formula is C19H23N7O. The maximum absolute atomic E-state index is 5.06. The Kier molecular flexibility index (Phi) is 6.09. The number of methoxy groups -OCH3 is 1. The summed E-state index contributed by atoms with van der Waals surface area (Å²) in [5.41, 5.74) is 1.63. The first-order chi connectivity index (χ1) is 13.2. The van der Waals surface area contributed by atoms with E-state index in [-0.39, 0.29) is 0 Å². The molecule has 0 aromatic carbocycles. The Morgan fingerprint density at radius 3 is 2.74 bits per heavy atom. The molecule has 140 valence electrons. The molecule has 3 aromatic heterocycles. The highest BCUT2D eigenvalue weighted by Gasteiger charge is 2.07. The number of aromatic nitrogens is 5. The molecule has 8 heteroatoms. The van der Waals surface area contributed by atoms with Crippen LogP contribution in [0.3, 0.4) is 0 Å². The maximum Gasteiger partial charge on any atom is 0.230 e. The van der Waals surface area contributed by atoms with E-state index in [0.717, 1.165) is 30.0 Å². The lowest BCUT2D eigenvalue weighted by Gasteiger charge is -2.11. The minimum Gasteiger partial charge on any atom is -0.481 e. The van der Waals surface area contributed by atoms with Crippen molar-refractivity contribution in [2.45, 2.75) is 20.3 Å². The molecule has 8 nitrogen and oxygen atoms in total. The van der Waals surface area contributed by atoms with Gasteiger partial charge in [-0.25, -0.2) is 19.9 Å². The largest absolute Gasteiger partial charge is 0.481 e. The van der Waals surface area contributed by atoms with Crippen molar-refractivity contribution in [1.82, 2.24) is 24.9 Å². The van der Waals surface area contributed by atoms with Gasteiger partial charge in [0.05, 0.1) is 19.0 Å². The summed E-state index contributed by atoms with van der Waals surface area (Å²) in [6, 6.07) is 7.43. The fraction of sp³-hybridized carbons (Fsp3) is 0.316. The first kappa shape index (κ1) is 18.5. The number of nitrogens with one attached hydrogen (secondary N) is 2. The van der Waals surface area contributed by atoms with Gasteiger partial charge in [0.2, 0.25) is 11.8 Å². The minimum absolute atomic E-state index is 0.442. The highest BCUT2D eigenvalue weighted by molar-refractivity contribution is 5.61. The Labute approximate surface area is 158 Å². The highest BCUT2D eigenvalue weighted by Crippen LogP contribution is 2.20. The van der Waals surface area contributed by atoms with Gasteiger partial charge in [-0.05, 0) is 24.1 Å². The molecule has 3 rings (SSSR count). The van der Waals surface area contributed by atoms with Gasteiger partial charge in [-0.2, -0.15) is 4.98 Å². The topological polar surface area (TPSA) is 97.7 Å². The Bertz CT molecular complexity index is 870. The van der Waals surface area contributed by atoms with Crippen LogP contribution < -0.4 is 15.4 Å². The first-order valence-electron chi connectivity index (χ1n) is 8.84. The number of hydrogen-bond donors (Lipinski definition) is 2. The van der Waals surface area contributed by atoms with Crippen LogP contribution in [0, 0.1) is 5.92 Å². The summed E-state index contributed by atoms with van der Waals surface area (Å²) in [5.74, 6) is 2.95. The third-order valence-corrected chi connectivity index (χ3v) is 4.12. The quantitative estimate of drug-likeness (QED) is 0.625. The van der Waals surface area contributed by atoms with E-state index in [2.05, 4.69) is 49.4 Å². The molecule has 0 bridgehead atoms. The van der Waals surface area contributed by atoms with Crippen LogP contribution in [-0.4, -0.2) is 38.6 Å². The molecular weight excluding hydrogens is 342 g/mol. The summed E-state index contributed by atoms with van der Waals surface area (Å²) >= 11 is 0. The second-order valence-electron chi connectivity index (χ2n) is 6.17. The maximum atomic E-state index is 5.06. The Morgan fingerprint density at radius 2 is 2.00 bits per heavy atom. The molecule has 2 N–H and O–H groups in total. The predicted octanol–water partition coefficient (Wildman–Crippen LogP) is 3.54. The highest BCUT2D eigenvalue weighted by atomic mass is 16.5. The average molecular weight is 365 g/mol. The van der Waals surface area contributed by atoms with Gasteiger partial charge in [0.1, 0.15) is 12.1 Å². The zero-order chi connectivity index (χ0) is 19.1. The van der Waals surface area contributed by atoms with Crippen LogP contribution in [0.4, 0.5) is 17.5 Å². The molecule has 1 atom stereocenters. The van der Waals surface area contributed by atoms with Crippen LogP contribution >= 0.6 is 0 Å². The van der Waals surface area contributed by atoms with Gasteiger partial charge in [-0.3, -0.25) is 0 Å². The predicted molar refractivity (Wildman–Crippen MR) is 105 cm³/mol. The SMILES string of the molecule is CCC(C)CNc1cc(-c2ncnc(Nc3ccc(OC)nc3)n2)ccn1. The van der Waals surface area contributed by atoms with Crippen LogP contribution in [0.5, 0.6) is 5.88 Å². The van der Waals surface area contributed by atoms with Crippen molar-refractivity contribution in [1.29, 1.82) is 0 Å². The van der Waals surface area contributed by atoms with Crippen molar-refractivity contribution >= 4 is 17.5 Å². The van der Waals surface area contributed by atoms with E-state index in [0.29, 0.717) is 23.6 Å². The van der Waals surface area contributed by atoms with E-state index in [1.165, 1.54) is 6.33 Å². The summed E-state index contributed by atoms with van der Waals surface area (Å²) in [7, 11) is 1.58. The smallest absolute Gasteiger partial charge is 0.230 e. The van der Waals surface area contributed by atoms with Crippen molar-refractivity contribution in [3.8, 4) is 17.3 Å². The number of anilines is 3. The van der Waals surface area contributed by atoms with E-state index in [4.69, 9.17) is 4.74 Å². The molecule has 0 saturated heterocycles. The third kappa shape index (κ3) is 5.10. The lowest BCUT2D eigenvalue weighted by Crippen LogP contribution is -2.11. The molecule has 27 heavy (non-hydrogen) atoms. The summed E-state index contributed by atoms with van der Waals surface area (Å²) < 4.78 is 5.06. The molecule has 3 aromatic rings. The first-order valence-corrected chi connectivity index (χ1v) is 8.84. The van der Waals surface area contributed by atoms with Gasteiger partial charge < -0.3 is 15.4 Å². The van der Waals surface area contributed by atoms with E-state index in [1.54, 1.807) is 25.6 Å². The normalized spacial score (nSPS) is 11.7. The standard InChI is InChI=1S/C19H23N7O/c1-4-13(2)10-21-16-9-14(7-8-20-16)18-23-12-24-19(26-18)25-15-5-6-17(27-3)22-11-15/h5-9,11-13H,4,10H2,1-3H3,(H,20,21)(H,23,24,25,26). The van der Waals surface area contributed by atoms with Crippen LogP contribution in [0.2, 0.25) is 0 Å². The van der Waals surface area contributed by atoms with Crippen LogP contribution in [0.15, 0.2) is 43.0 Å². The van der Waals surface area contributed by atoms with Crippen LogP contribution in [0.25, 0.3) is 11.4 Å². The second kappa shape index (κ2) is 8.88. The van der Waals surface area contributed by atoms with Crippen molar-refractivity contribution in [3.63, 3.8) is 0 Å². The molecule has 0 aliphatic rings. The molecule has 0 saturated carbocycles. The van der Waals surface area contributed by atoms with E-state index in [9.17, 15) is 0 Å². The van der Waals surface area contributed by atoms with E-state index < -0.39 is 0 Å². The molecule has 0 aliphatic heterocycles. The number of nitrogens with zero attached hydrogens (tertiary/aromatic N) is 5. The lowest BCUT2D eigenvalue weighted by atomic mass is 10.1. The van der Waals surface area contributed by atoms with Gasteiger partial charge >= 0.3 is 0 Å². The lowest BCUT2D eigenvalue weighted by molar-refractivity contribution is 0.398. The van der Waals surface area contributed by atoms with Crippen LogP contribution in [-0.2, 0) is 0 Å². The molecule has 1 unspecified atom stereocenters. The summed E-state index contributed by atoms with van der Waals surface area (Å²) in [4.78, 5) is 21.4. The summed E-state index contributed by atoms with van der Waals surface area (Å²) in [5, 5.41) is 6.47. The van der Waals surface area contributed by atoms with Crippen molar-refractivity contribution in [2.24, 2.45) is 5.92 Å². The zero-order valence-electron chi connectivity index (χ0n) is 15.7. The summed E-state index contributed by atoms with van der Waals surface area (Å²) in [6.07, 6.45) is 6.01. The zero-order valence-corrected chi connectivity index (χ0v) is 15.7. The van der Waals surface area contributed by atoms with E-state index >= 15 is 0 Å². The van der Waals surface area contributed by atoms with E-state index in [1.807, 2.05) is 18.2 Å². The van der Waals surface area contributed by atoms with Gasteiger partial charge in [0, 0.05) is 24.4 Å². The fourth-order valence-corrected chi connectivity index (χ4v) is 2.29. The third-order valence-electron chi connectivity index (χ3n) is 4.12. The van der Waals surface area contributed by atoms with Gasteiger partial charge in [0.15, 0.2) is 5.82 Å². The molecule has 0 radical (unpaired) electrons. The fourth-order valence-electron chi connectivity index (χ4n) is 2.29. The van der Waals surface area contributed by atoms with Gasteiger partial charge in [-0.1, -0.05) is 20.3 Å². The number of pyridine rings is 2. The molecule has 0 aliphatic carbocycles.